The molecule has 1 aliphatic rings. The highest BCUT2D eigenvalue weighted by atomic mass is 19.4. The second-order valence-electron chi connectivity index (χ2n) is 7.19. The summed E-state index contributed by atoms with van der Waals surface area (Å²) in [5, 5.41) is 3.51. The second-order valence-corrected chi connectivity index (χ2v) is 7.19. The van der Waals surface area contributed by atoms with Crippen LogP contribution in [-0.4, -0.2) is 27.0 Å². The van der Waals surface area contributed by atoms with Crippen LogP contribution >= 0.6 is 0 Å². The van der Waals surface area contributed by atoms with Crippen molar-refractivity contribution in [2.24, 2.45) is 5.92 Å². The van der Waals surface area contributed by atoms with E-state index in [1.165, 1.54) is 6.20 Å². The van der Waals surface area contributed by atoms with Crippen LogP contribution in [0.4, 0.5) is 13.2 Å². The molecule has 1 aliphatic carbocycles. The third kappa shape index (κ3) is 4.32. The Kier molecular flexibility index (Phi) is 5.48. The van der Waals surface area contributed by atoms with Gasteiger partial charge in [0.15, 0.2) is 0 Å². The van der Waals surface area contributed by atoms with Gasteiger partial charge in [-0.3, -0.25) is 9.78 Å². The molecule has 8 heteroatoms. The molecule has 0 saturated heterocycles. The van der Waals surface area contributed by atoms with Crippen LogP contribution in [0.25, 0.3) is 16.5 Å². The quantitative estimate of drug-likeness (QED) is 0.675. The summed E-state index contributed by atoms with van der Waals surface area (Å²) in [5.74, 6) is -1.08. The fraction of sp³-hybridized carbons (Fsp3) is 0.273. The number of para-hydroxylation sites is 1. The maximum atomic E-state index is 12.9. The zero-order valence-corrected chi connectivity index (χ0v) is 16.0. The van der Waals surface area contributed by atoms with Gasteiger partial charge in [0.25, 0.3) is 5.91 Å². The molecule has 2 aromatic heterocycles. The molecule has 0 unspecified atom stereocenters. The Labute approximate surface area is 171 Å². The maximum Gasteiger partial charge on any atom is 0.392 e. The van der Waals surface area contributed by atoms with Crippen LogP contribution in [0.5, 0.6) is 0 Å². The number of hydrogen-bond acceptors (Lipinski definition) is 4. The molecular weight excluding hydrogens is 393 g/mol. The molecule has 154 valence electrons. The Bertz CT molecular complexity index is 1100. The summed E-state index contributed by atoms with van der Waals surface area (Å²) >= 11 is 0. The zero-order valence-electron chi connectivity index (χ0n) is 16.0. The van der Waals surface area contributed by atoms with Crippen LogP contribution in [0.15, 0.2) is 55.0 Å². The molecule has 0 radical (unpaired) electrons. The van der Waals surface area contributed by atoms with Gasteiger partial charge in [0.1, 0.15) is 5.82 Å². The van der Waals surface area contributed by atoms with Crippen molar-refractivity contribution < 1.29 is 18.0 Å². The van der Waals surface area contributed by atoms with E-state index in [2.05, 4.69) is 20.3 Å². The predicted molar refractivity (Wildman–Crippen MR) is 106 cm³/mol. The Balaban J connectivity index is 1.54. The van der Waals surface area contributed by atoms with Gasteiger partial charge < -0.3 is 5.32 Å². The van der Waals surface area contributed by atoms with E-state index in [0.29, 0.717) is 23.3 Å². The first-order chi connectivity index (χ1) is 14.4. The minimum atomic E-state index is -4.16. The number of benzene rings is 1. The number of carbonyl (C=O) groups excluding carboxylic acids is 1. The Morgan fingerprint density at radius 2 is 1.93 bits per heavy atom. The number of amides is 1. The van der Waals surface area contributed by atoms with Gasteiger partial charge in [-0.1, -0.05) is 24.3 Å². The second kappa shape index (κ2) is 8.22. The van der Waals surface area contributed by atoms with E-state index in [9.17, 15) is 18.0 Å². The van der Waals surface area contributed by atoms with Gasteiger partial charge in [-0.05, 0) is 37.0 Å². The number of pyridine rings is 1. The lowest BCUT2D eigenvalue weighted by atomic mass is 9.85. The molecule has 0 aliphatic heterocycles. The first-order valence-corrected chi connectivity index (χ1v) is 9.61. The smallest absolute Gasteiger partial charge is 0.345 e. The molecule has 5 nitrogen and oxygen atoms in total. The summed E-state index contributed by atoms with van der Waals surface area (Å²) in [6, 6.07) is 8.96. The minimum absolute atomic E-state index is 0.0166. The zero-order chi connectivity index (χ0) is 21.1. The molecular formula is C22H19F3N4O. The average molecular weight is 412 g/mol. The van der Waals surface area contributed by atoms with Gasteiger partial charge in [0.05, 0.1) is 23.5 Å². The Morgan fingerprint density at radius 3 is 2.63 bits per heavy atom. The highest BCUT2D eigenvalue weighted by Gasteiger charge is 2.39. The summed E-state index contributed by atoms with van der Waals surface area (Å²) in [6.07, 6.45) is 2.60. The molecule has 0 bridgehead atoms. The molecule has 30 heavy (non-hydrogen) atoms. The highest BCUT2D eigenvalue weighted by molar-refractivity contribution is 5.99. The van der Waals surface area contributed by atoms with E-state index in [1.54, 1.807) is 30.6 Å². The molecule has 1 amide bonds. The van der Waals surface area contributed by atoms with Crippen LogP contribution in [0, 0.1) is 5.92 Å². The van der Waals surface area contributed by atoms with E-state index in [1.807, 2.05) is 18.2 Å². The molecule has 3 aromatic rings. The van der Waals surface area contributed by atoms with E-state index in [0.717, 1.165) is 16.5 Å². The minimum Gasteiger partial charge on any atom is -0.345 e. The number of carbonyl (C=O) groups is 1. The first kappa shape index (κ1) is 20.0. The molecule has 4 rings (SSSR count). The lowest BCUT2D eigenvalue weighted by Crippen LogP contribution is -2.24. The Morgan fingerprint density at radius 1 is 1.13 bits per heavy atom. The van der Waals surface area contributed by atoms with E-state index in [4.69, 9.17) is 0 Å². The summed E-state index contributed by atoms with van der Waals surface area (Å²) in [4.78, 5) is 25.0. The number of alkyl halides is 3. The van der Waals surface area contributed by atoms with Gasteiger partial charge in [-0.15, -0.1) is 0 Å². The standard InChI is InChI=1S/C22H19F3N4O/c23-22(24,25)17-7-5-14(6-8-17)18-4-1-3-15-11-16(12-28-20(15)18)21(30)29-13-19-26-9-2-10-27-19/h1-5,9-12,17H,6-8,13H2,(H,29,30)/t17-/m1/s1. The Hall–Kier alpha value is -3.29. The summed E-state index contributed by atoms with van der Waals surface area (Å²) < 4.78 is 38.8. The number of aromatic nitrogens is 3. The van der Waals surface area contributed by atoms with E-state index >= 15 is 0 Å². The van der Waals surface area contributed by atoms with Crippen LogP contribution < -0.4 is 5.32 Å². The van der Waals surface area contributed by atoms with E-state index < -0.39 is 12.1 Å². The van der Waals surface area contributed by atoms with Gasteiger partial charge in [-0.25, -0.2) is 9.97 Å². The average Bonchev–Trinajstić information content (AvgIpc) is 2.77. The SMILES string of the molecule is O=C(NCc1ncccn1)c1cnc2c(C3=CC[C@@H](C(F)(F)F)CC3)cccc2c1. The third-order valence-corrected chi connectivity index (χ3v) is 5.22. The molecule has 1 atom stereocenters. The van der Waals surface area contributed by atoms with Gasteiger partial charge in [0.2, 0.25) is 0 Å². The number of hydrogen-bond donors (Lipinski definition) is 1. The van der Waals surface area contributed by atoms with Crippen molar-refractivity contribution in [2.45, 2.75) is 32.0 Å². The number of halogens is 3. The summed E-state index contributed by atoms with van der Waals surface area (Å²) in [7, 11) is 0. The number of fused-ring (bicyclic) bond motifs is 1. The van der Waals surface area contributed by atoms with Crippen molar-refractivity contribution in [1.82, 2.24) is 20.3 Å². The molecule has 1 N–H and O–H groups in total. The first-order valence-electron chi connectivity index (χ1n) is 9.61. The van der Waals surface area contributed by atoms with Crippen LogP contribution in [0.1, 0.15) is 41.0 Å². The predicted octanol–water partition coefficient (Wildman–Crippen LogP) is 4.70. The van der Waals surface area contributed by atoms with Crippen LogP contribution in [0.3, 0.4) is 0 Å². The van der Waals surface area contributed by atoms with Crippen molar-refractivity contribution in [3.63, 3.8) is 0 Å². The van der Waals surface area contributed by atoms with Gasteiger partial charge in [-0.2, -0.15) is 13.2 Å². The fourth-order valence-corrected chi connectivity index (χ4v) is 3.60. The number of nitrogens with one attached hydrogen (secondary N) is 1. The number of allylic oxidation sites excluding steroid dienone is 2. The van der Waals surface area contributed by atoms with Crippen molar-refractivity contribution >= 4 is 22.4 Å². The third-order valence-electron chi connectivity index (χ3n) is 5.22. The van der Waals surface area contributed by atoms with Gasteiger partial charge in [0, 0.05) is 29.5 Å². The topological polar surface area (TPSA) is 67.8 Å². The van der Waals surface area contributed by atoms with Crippen molar-refractivity contribution in [3.05, 3.63) is 71.9 Å². The molecule has 2 heterocycles. The molecule has 0 saturated carbocycles. The normalized spacial score (nSPS) is 16.9. The van der Waals surface area contributed by atoms with Crippen molar-refractivity contribution in [2.75, 3.05) is 0 Å². The summed E-state index contributed by atoms with van der Waals surface area (Å²) in [6.45, 7) is 0.199. The molecule has 1 aromatic carbocycles. The molecule has 0 spiro atoms. The van der Waals surface area contributed by atoms with Crippen LogP contribution in [0.2, 0.25) is 0 Å². The monoisotopic (exact) mass is 412 g/mol. The molecule has 0 fully saturated rings. The van der Waals surface area contributed by atoms with Crippen molar-refractivity contribution in [1.29, 1.82) is 0 Å². The lowest BCUT2D eigenvalue weighted by molar-refractivity contribution is -0.175. The van der Waals surface area contributed by atoms with Crippen molar-refractivity contribution in [3.8, 4) is 0 Å². The fourth-order valence-electron chi connectivity index (χ4n) is 3.60. The number of rotatable bonds is 4. The lowest BCUT2D eigenvalue weighted by Gasteiger charge is -2.24. The highest BCUT2D eigenvalue weighted by Crippen LogP contribution is 2.40. The van der Waals surface area contributed by atoms with Crippen LogP contribution in [-0.2, 0) is 6.54 Å². The number of nitrogens with zero attached hydrogens (tertiary/aromatic N) is 3. The van der Waals surface area contributed by atoms with Gasteiger partial charge >= 0.3 is 6.18 Å². The maximum absolute atomic E-state index is 12.9. The van der Waals surface area contributed by atoms with E-state index in [-0.39, 0.29) is 25.3 Å². The summed E-state index contributed by atoms with van der Waals surface area (Å²) in [5.41, 5.74) is 2.76. The largest absolute Gasteiger partial charge is 0.392 e.